The first-order chi connectivity index (χ1) is 9.99. The lowest BCUT2D eigenvalue weighted by Gasteiger charge is -2.06. The van der Waals surface area contributed by atoms with E-state index in [4.69, 9.17) is 0 Å². The summed E-state index contributed by atoms with van der Waals surface area (Å²) in [5.41, 5.74) is 1.62. The van der Waals surface area contributed by atoms with Gasteiger partial charge in [-0.05, 0) is 25.1 Å². The van der Waals surface area contributed by atoms with Crippen molar-refractivity contribution in [2.75, 3.05) is 0 Å². The first-order valence-corrected chi connectivity index (χ1v) is 6.31. The number of fused-ring (bicyclic) bond motifs is 1. The number of carbonyl (C=O) groups is 1. The van der Waals surface area contributed by atoms with Crippen molar-refractivity contribution in [1.29, 1.82) is 0 Å². The van der Waals surface area contributed by atoms with Gasteiger partial charge in [-0.1, -0.05) is 12.1 Å². The Balaban J connectivity index is 2.39. The summed E-state index contributed by atoms with van der Waals surface area (Å²) in [4.78, 5) is 15.9. The highest BCUT2D eigenvalue weighted by atomic mass is 19.1. The zero-order valence-corrected chi connectivity index (χ0v) is 11.5. The number of benzene rings is 1. The maximum Gasteiger partial charge on any atom is 0.336 e. The fraction of sp³-hybridized carbons (Fsp3) is 0.133. The minimum Gasteiger partial charge on any atom is -0.478 e. The molecule has 0 atom stereocenters. The van der Waals surface area contributed by atoms with E-state index in [0.29, 0.717) is 16.7 Å². The second-order valence-corrected chi connectivity index (χ2v) is 4.75. The molecule has 1 aromatic carbocycles. The third-order valence-electron chi connectivity index (χ3n) is 3.35. The number of carboxylic acids is 1. The molecule has 0 saturated carbocycles. The van der Waals surface area contributed by atoms with Crippen molar-refractivity contribution in [3.63, 3.8) is 0 Å². The fourth-order valence-corrected chi connectivity index (χ4v) is 2.42. The lowest BCUT2D eigenvalue weighted by Crippen LogP contribution is -2.02. The normalized spacial score (nSPS) is 11.0. The van der Waals surface area contributed by atoms with Gasteiger partial charge in [0.25, 0.3) is 0 Å². The van der Waals surface area contributed by atoms with Gasteiger partial charge in [0.15, 0.2) is 5.65 Å². The Labute approximate surface area is 119 Å². The molecule has 2 aromatic heterocycles. The van der Waals surface area contributed by atoms with E-state index in [2.05, 4.69) is 10.1 Å². The number of aryl methyl sites for hydroxylation is 2. The van der Waals surface area contributed by atoms with Gasteiger partial charge in [0, 0.05) is 12.6 Å². The van der Waals surface area contributed by atoms with Gasteiger partial charge in [-0.2, -0.15) is 5.10 Å². The molecule has 0 fully saturated rings. The van der Waals surface area contributed by atoms with Crippen molar-refractivity contribution in [1.82, 2.24) is 14.8 Å². The third kappa shape index (κ3) is 2.05. The molecule has 0 unspecified atom stereocenters. The summed E-state index contributed by atoms with van der Waals surface area (Å²) in [5.74, 6) is -1.53. The van der Waals surface area contributed by atoms with Crippen molar-refractivity contribution in [2.24, 2.45) is 7.05 Å². The molecule has 0 bridgehead atoms. The van der Waals surface area contributed by atoms with Gasteiger partial charge in [0.1, 0.15) is 5.82 Å². The number of aromatic carboxylic acids is 1. The quantitative estimate of drug-likeness (QED) is 0.786. The van der Waals surface area contributed by atoms with E-state index in [9.17, 15) is 14.3 Å². The average molecular weight is 285 g/mol. The van der Waals surface area contributed by atoms with Crippen molar-refractivity contribution in [3.8, 4) is 11.3 Å². The largest absolute Gasteiger partial charge is 0.478 e. The van der Waals surface area contributed by atoms with E-state index in [1.807, 2.05) is 0 Å². The molecule has 0 aliphatic rings. The third-order valence-corrected chi connectivity index (χ3v) is 3.35. The number of pyridine rings is 1. The number of carboxylic acid groups (broad SMARTS) is 1. The van der Waals surface area contributed by atoms with E-state index in [1.165, 1.54) is 16.8 Å². The maximum absolute atomic E-state index is 13.9. The monoisotopic (exact) mass is 285 g/mol. The molecule has 3 rings (SSSR count). The smallest absolute Gasteiger partial charge is 0.336 e. The zero-order chi connectivity index (χ0) is 15.1. The molecule has 106 valence electrons. The van der Waals surface area contributed by atoms with Gasteiger partial charge in [0.2, 0.25) is 0 Å². The summed E-state index contributed by atoms with van der Waals surface area (Å²) < 4.78 is 15.4. The Bertz CT molecular complexity index is 871. The molecule has 2 heterocycles. The maximum atomic E-state index is 13.9. The number of nitrogens with zero attached hydrogens (tertiary/aromatic N) is 3. The molecule has 6 heteroatoms. The Morgan fingerprint density at radius 2 is 2.05 bits per heavy atom. The second-order valence-electron chi connectivity index (χ2n) is 4.75. The molecular weight excluding hydrogens is 273 g/mol. The van der Waals surface area contributed by atoms with E-state index in [-0.39, 0.29) is 16.8 Å². The van der Waals surface area contributed by atoms with Gasteiger partial charge in [0.05, 0.1) is 22.3 Å². The predicted molar refractivity (Wildman–Crippen MR) is 75.6 cm³/mol. The highest BCUT2D eigenvalue weighted by molar-refractivity contribution is 6.04. The van der Waals surface area contributed by atoms with Crippen LogP contribution in [0.4, 0.5) is 4.39 Å². The first-order valence-electron chi connectivity index (χ1n) is 6.31. The van der Waals surface area contributed by atoms with E-state index >= 15 is 0 Å². The molecule has 0 aliphatic heterocycles. The van der Waals surface area contributed by atoms with E-state index < -0.39 is 11.8 Å². The Morgan fingerprint density at radius 3 is 2.71 bits per heavy atom. The molecule has 1 N–H and O–H groups in total. The van der Waals surface area contributed by atoms with Gasteiger partial charge in [-0.15, -0.1) is 0 Å². The van der Waals surface area contributed by atoms with Crippen LogP contribution < -0.4 is 0 Å². The number of hydrogen-bond donors (Lipinski definition) is 1. The number of hydrogen-bond acceptors (Lipinski definition) is 3. The summed E-state index contributed by atoms with van der Waals surface area (Å²) in [6.45, 7) is 1.72. The number of halogens is 1. The van der Waals surface area contributed by atoms with Crippen molar-refractivity contribution >= 4 is 17.0 Å². The van der Waals surface area contributed by atoms with Crippen LogP contribution in [0.2, 0.25) is 0 Å². The van der Waals surface area contributed by atoms with Crippen LogP contribution in [0.15, 0.2) is 30.3 Å². The predicted octanol–water partition coefficient (Wildman–Crippen LogP) is 2.78. The van der Waals surface area contributed by atoms with Gasteiger partial charge >= 0.3 is 5.97 Å². The standard InChI is InChI=1S/C15H12FN3O2/c1-8-13-10(15(20)21)7-12(17-14(13)19(2)18-8)9-5-3-4-6-11(9)16/h3-7H,1-2H3,(H,20,21). The summed E-state index contributed by atoms with van der Waals surface area (Å²) in [5, 5.41) is 14.1. The SMILES string of the molecule is Cc1nn(C)c2nc(-c3ccccc3F)cc(C(=O)O)c12. The summed E-state index contributed by atoms with van der Waals surface area (Å²) in [6, 6.07) is 7.52. The zero-order valence-electron chi connectivity index (χ0n) is 11.5. The highest BCUT2D eigenvalue weighted by Gasteiger charge is 2.19. The number of aromatic nitrogens is 3. The summed E-state index contributed by atoms with van der Waals surface area (Å²) >= 11 is 0. The van der Waals surface area contributed by atoms with Crippen LogP contribution in [0.1, 0.15) is 16.1 Å². The van der Waals surface area contributed by atoms with Crippen molar-refractivity contribution in [2.45, 2.75) is 6.92 Å². The van der Waals surface area contributed by atoms with Crippen LogP contribution in [0.5, 0.6) is 0 Å². The van der Waals surface area contributed by atoms with Gasteiger partial charge < -0.3 is 5.11 Å². The Hall–Kier alpha value is -2.76. The highest BCUT2D eigenvalue weighted by Crippen LogP contribution is 2.28. The van der Waals surface area contributed by atoms with E-state index in [0.717, 1.165) is 0 Å². The van der Waals surface area contributed by atoms with Crippen molar-refractivity contribution < 1.29 is 14.3 Å². The van der Waals surface area contributed by atoms with Crippen LogP contribution in [-0.4, -0.2) is 25.8 Å². The van der Waals surface area contributed by atoms with Crippen LogP contribution >= 0.6 is 0 Å². The lowest BCUT2D eigenvalue weighted by molar-refractivity contribution is 0.0699. The molecule has 0 amide bonds. The van der Waals surface area contributed by atoms with Gasteiger partial charge in [-0.25, -0.2) is 14.2 Å². The first kappa shape index (κ1) is 13.2. The molecule has 0 radical (unpaired) electrons. The fourth-order valence-electron chi connectivity index (χ4n) is 2.42. The molecule has 0 saturated heterocycles. The Kier molecular flexibility index (Phi) is 2.94. The molecule has 3 aromatic rings. The number of rotatable bonds is 2. The Morgan fingerprint density at radius 1 is 1.33 bits per heavy atom. The average Bonchev–Trinajstić information content (AvgIpc) is 2.73. The molecular formula is C15H12FN3O2. The van der Waals surface area contributed by atoms with Crippen LogP contribution in [-0.2, 0) is 7.05 Å². The minimum absolute atomic E-state index is 0.0730. The lowest BCUT2D eigenvalue weighted by atomic mass is 10.1. The second kappa shape index (κ2) is 4.66. The minimum atomic E-state index is -1.09. The topological polar surface area (TPSA) is 68.0 Å². The van der Waals surface area contributed by atoms with Gasteiger partial charge in [-0.3, -0.25) is 4.68 Å². The van der Waals surface area contributed by atoms with E-state index in [1.54, 1.807) is 32.2 Å². The molecule has 5 nitrogen and oxygen atoms in total. The van der Waals surface area contributed by atoms with Crippen LogP contribution in [0.3, 0.4) is 0 Å². The molecule has 0 aliphatic carbocycles. The summed E-state index contributed by atoms with van der Waals surface area (Å²) in [7, 11) is 1.68. The molecule has 21 heavy (non-hydrogen) atoms. The molecule has 0 spiro atoms. The van der Waals surface area contributed by atoms with Crippen LogP contribution in [0, 0.1) is 12.7 Å². The van der Waals surface area contributed by atoms with Crippen molar-refractivity contribution in [3.05, 3.63) is 47.4 Å². The summed E-state index contributed by atoms with van der Waals surface area (Å²) in [6.07, 6.45) is 0. The van der Waals surface area contributed by atoms with Crippen LogP contribution in [0.25, 0.3) is 22.3 Å².